The van der Waals surface area contributed by atoms with E-state index in [1.807, 2.05) is 6.92 Å². The number of carbonyl (C=O) groups excluding carboxylic acids is 1. The summed E-state index contributed by atoms with van der Waals surface area (Å²) >= 11 is 0. The van der Waals surface area contributed by atoms with E-state index >= 15 is 0 Å². The number of rotatable bonds is 6. The molecule has 1 atom stereocenters. The van der Waals surface area contributed by atoms with Crippen molar-refractivity contribution in [3.63, 3.8) is 0 Å². The van der Waals surface area contributed by atoms with Crippen molar-refractivity contribution in [2.75, 3.05) is 32.8 Å². The summed E-state index contributed by atoms with van der Waals surface area (Å²) in [5.74, 6) is -0.227. The molecule has 1 heterocycles. The number of nitrogens with zero attached hydrogens (tertiary/aromatic N) is 1. The molecule has 1 unspecified atom stereocenters. The van der Waals surface area contributed by atoms with Gasteiger partial charge in [0.25, 0.3) is 6.43 Å². The fraction of sp³-hybridized carbons (Fsp3) is 0.909. The highest BCUT2D eigenvalue weighted by Crippen LogP contribution is 2.06. The largest absolute Gasteiger partial charge is 0.378 e. The first kappa shape index (κ1) is 14.3. The van der Waals surface area contributed by atoms with Crippen LogP contribution >= 0.6 is 0 Å². The maximum Gasteiger partial charge on any atom is 0.255 e. The predicted octanol–water partition coefficient (Wildman–Crippen LogP) is 0.869. The van der Waals surface area contributed by atoms with E-state index in [2.05, 4.69) is 5.32 Å². The van der Waals surface area contributed by atoms with Crippen molar-refractivity contribution in [3.05, 3.63) is 0 Å². The summed E-state index contributed by atoms with van der Waals surface area (Å²) in [7, 11) is 0. The van der Waals surface area contributed by atoms with Crippen LogP contribution in [0, 0.1) is 0 Å². The van der Waals surface area contributed by atoms with E-state index in [4.69, 9.17) is 4.74 Å². The average molecular weight is 250 g/mol. The molecule has 1 fully saturated rings. The lowest BCUT2D eigenvalue weighted by molar-refractivity contribution is -0.134. The van der Waals surface area contributed by atoms with E-state index in [1.54, 1.807) is 0 Å². The molecule has 1 N–H and O–H groups in total. The highest BCUT2D eigenvalue weighted by molar-refractivity contribution is 5.76. The summed E-state index contributed by atoms with van der Waals surface area (Å²) in [4.78, 5) is 13.1. The number of carbonyl (C=O) groups is 1. The first-order chi connectivity index (χ1) is 8.13. The second-order valence-corrected chi connectivity index (χ2v) is 4.16. The summed E-state index contributed by atoms with van der Waals surface area (Å²) in [6.07, 6.45) is -1.55. The molecule has 1 aliphatic heterocycles. The van der Waals surface area contributed by atoms with Crippen LogP contribution in [0.1, 0.15) is 19.8 Å². The molecule has 0 aromatic carbocycles. The summed E-state index contributed by atoms with van der Waals surface area (Å²) in [5.41, 5.74) is 0. The maximum atomic E-state index is 12.3. The van der Waals surface area contributed by atoms with Crippen molar-refractivity contribution < 1.29 is 18.3 Å². The number of nitrogens with one attached hydrogen (secondary N) is 1. The van der Waals surface area contributed by atoms with Crippen LogP contribution in [0.3, 0.4) is 0 Å². The molecule has 0 bridgehead atoms. The van der Waals surface area contributed by atoms with Crippen LogP contribution < -0.4 is 5.32 Å². The van der Waals surface area contributed by atoms with Gasteiger partial charge in [-0.15, -0.1) is 0 Å². The predicted molar refractivity (Wildman–Crippen MR) is 60.1 cm³/mol. The van der Waals surface area contributed by atoms with Crippen LogP contribution in [0.4, 0.5) is 8.78 Å². The summed E-state index contributed by atoms with van der Waals surface area (Å²) in [6, 6.07) is -0.0479. The normalized spacial score (nSPS) is 20.6. The SMILES string of the molecule is CCCN(CC(F)F)C(=O)CC1COCCN1. The average Bonchev–Trinajstić information content (AvgIpc) is 2.29. The highest BCUT2D eigenvalue weighted by atomic mass is 19.3. The van der Waals surface area contributed by atoms with E-state index in [0.29, 0.717) is 32.7 Å². The molecule has 4 nitrogen and oxygen atoms in total. The zero-order valence-corrected chi connectivity index (χ0v) is 10.1. The summed E-state index contributed by atoms with van der Waals surface area (Å²) < 4.78 is 29.8. The van der Waals surface area contributed by atoms with E-state index in [1.165, 1.54) is 4.90 Å². The van der Waals surface area contributed by atoms with Crippen LogP contribution in [-0.4, -0.2) is 56.1 Å². The molecule has 0 aromatic heterocycles. The van der Waals surface area contributed by atoms with Crippen molar-refractivity contribution in [1.82, 2.24) is 10.2 Å². The Morgan fingerprint density at radius 3 is 2.88 bits per heavy atom. The molecule has 6 heteroatoms. The lowest BCUT2D eigenvalue weighted by Crippen LogP contribution is -2.46. The number of hydrogen-bond donors (Lipinski definition) is 1. The molecule has 0 aromatic rings. The third-order valence-corrected chi connectivity index (χ3v) is 2.62. The number of halogens is 2. The van der Waals surface area contributed by atoms with E-state index in [0.717, 1.165) is 0 Å². The third-order valence-electron chi connectivity index (χ3n) is 2.62. The molecule has 0 spiro atoms. The van der Waals surface area contributed by atoms with Crippen LogP contribution in [0.5, 0.6) is 0 Å². The minimum Gasteiger partial charge on any atom is -0.378 e. The number of morpholine rings is 1. The second-order valence-electron chi connectivity index (χ2n) is 4.16. The fourth-order valence-corrected chi connectivity index (χ4v) is 1.85. The van der Waals surface area contributed by atoms with Gasteiger partial charge in [-0.25, -0.2) is 8.78 Å². The second kappa shape index (κ2) is 7.55. The van der Waals surface area contributed by atoms with Gasteiger partial charge in [0.2, 0.25) is 5.91 Å². The minimum atomic E-state index is -2.47. The lowest BCUT2D eigenvalue weighted by Gasteiger charge is -2.27. The maximum absolute atomic E-state index is 12.3. The van der Waals surface area contributed by atoms with Gasteiger partial charge in [-0.05, 0) is 6.42 Å². The monoisotopic (exact) mass is 250 g/mol. The van der Waals surface area contributed by atoms with E-state index in [-0.39, 0.29) is 18.4 Å². The summed E-state index contributed by atoms with van der Waals surface area (Å²) in [5, 5.41) is 3.14. The minimum absolute atomic E-state index is 0.0479. The van der Waals surface area contributed by atoms with Crippen molar-refractivity contribution >= 4 is 5.91 Å². The van der Waals surface area contributed by atoms with Gasteiger partial charge in [0.05, 0.1) is 19.8 Å². The molecular formula is C11H20F2N2O2. The number of ether oxygens (including phenoxy) is 1. The van der Waals surface area contributed by atoms with Crippen LogP contribution in [-0.2, 0) is 9.53 Å². The molecule has 1 amide bonds. The number of amides is 1. The summed E-state index contributed by atoms with van der Waals surface area (Å²) in [6.45, 7) is 3.60. The standard InChI is InChI=1S/C11H20F2N2O2/c1-2-4-15(7-10(12)13)11(16)6-9-8-17-5-3-14-9/h9-10,14H,2-8H2,1H3. The first-order valence-electron chi connectivity index (χ1n) is 6.00. The van der Waals surface area contributed by atoms with Crippen molar-refractivity contribution in [1.29, 1.82) is 0 Å². The Morgan fingerprint density at radius 1 is 1.59 bits per heavy atom. The molecule has 0 radical (unpaired) electrons. The first-order valence-corrected chi connectivity index (χ1v) is 6.00. The van der Waals surface area contributed by atoms with Crippen LogP contribution in [0.25, 0.3) is 0 Å². The quantitative estimate of drug-likeness (QED) is 0.760. The molecule has 100 valence electrons. The molecule has 1 rings (SSSR count). The van der Waals surface area contributed by atoms with Crippen LogP contribution in [0.2, 0.25) is 0 Å². The van der Waals surface area contributed by atoms with Crippen LogP contribution in [0.15, 0.2) is 0 Å². The highest BCUT2D eigenvalue weighted by Gasteiger charge is 2.22. The Labute approximate surface area is 100 Å². The van der Waals surface area contributed by atoms with Gasteiger partial charge < -0.3 is 15.0 Å². The smallest absolute Gasteiger partial charge is 0.255 e. The van der Waals surface area contributed by atoms with Gasteiger partial charge >= 0.3 is 0 Å². The Bertz CT molecular complexity index is 234. The van der Waals surface area contributed by atoms with Gasteiger partial charge in [0, 0.05) is 25.6 Å². The number of alkyl halides is 2. The Balaban J connectivity index is 2.39. The Kier molecular flexibility index (Phi) is 6.36. The fourth-order valence-electron chi connectivity index (χ4n) is 1.85. The van der Waals surface area contributed by atoms with Gasteiger partial charge in [-0.1, -0.05) is 6.92 Å². The molecular weight excluding hydrogens is 230 g/mol. The van der Waals surface area contributed by atoms with Crippen molar-refractivity contribution in [2.24, 2.45) is 0 Å². The molecule has 1 saturated heterocycles. The van der Waals surface area contributed by atoms with Gasteiger partial charge in [-0.2, -0.15) is 0 Å². The van der Waals surface area contributed by atoms with E-state index in [9.17, 15) is 13.6 Å². The molecule has 0 saturated carbocycles. The topological polar surface area (TPSA) is 41.6 Å². The molecule has 1 aliphatic rings. The molecule has 17 heavy (non-hydrogen) atoms. The number of hydrogen-bond acceptors (Lipinski definition) is 3. The zero-order valence-electron chi connectivity index (χ0n) is 10.1. The van der Waals surface area contributed by atoms with Gasteiger partial charge in [0.15, 0.2) is 0 Å². The molecule has 0 aliphatic carbocycles. The third kappa shape index (κ3) is 5.41. The lowest BCUT2D eigenvalue weighted by atomic mass is 10.1. The van der Waals surface area contributed by atoms with Gasteiger partial charge in [-0.3, -0.25) is 4.79 Å². The van der Waals surface area contributed by atoms with E-state index < -0.39 is 13.0 Å². The van der Waals surface area contributed by atoms with Crippen molar-refractivity contribution in [2.45, 2.75) is 32.2 Å². The van der Waals surface area contributed by atoms with Gasteiger partial charge in [0.1, 0.15) is 0 Å². The Morgan fingerprint density at radius 2 is 2.35 bits per heavy atom. The Hall–Kier alpha value is -0.750. The van der Waals surface area contributed by atoms with Crippen molar-refractivity contribution in [3.8, 4) is 0 Å². The zero-order chi connectivity index (χ0) is 12.7.